The Kier molecular flexibility index (Phi) is 6.56. The first-order chi connectivity index (χ1) is 13.8. The zero-order valence-corrected chi connectivity index (χ0v) is 18.2. The molecule has 1 heterocycles. The van der Waals surface area contributed by atoms with Crippen LogP contribution in [0, 0.1) is 10.1 Å². The van der Waals surface area contributed by atoms with Crippen molar-refractivity contribution in [1.82, 2.24) is 9.55 Å². The summed E-state index contributed by atoms with van der Waals surface area (Å²) in [6.07, 6.45) is 0. The third-order valence-corrected chi connectivity index (χ3v) is 5.75. The summed E-state index contributed by atoms with van der Waals surface area (Å²) in [5.74, 6) is -0.388. The predicted octanol–water partition coefficient (Wildman–Crippen LogP) is 4.47. The van der Waals surface area contributed by atoms with Gasteiger partial charge < -0.3 is 5.32 Å². The zero-order chi connectivity index (χ0) is 21.1. The molecule has 0 atom stereocenters. The Bertz CT molecular complexity index is 1180. The highest BCUT2D eigenvalue weighted by Crippen LogP contribution is 2.27. The standard InChI is InChI=1S/C18H14BrClN4O4S/c1-2-23-17(26)12-7-10(19)3-5-14(12)22-18(23)29-9-16(25)21-15-6-4-11(24(27)28)8-13(15)20/h3-8H,2,9H2,1H3,(H,21,25). The summed E-state index contributed by atoms with van der Waals surface area (Å²) >= 11 is 10.5. The molecule has 0 aliphatic rings. The third kappa shape index (κ3) is 4.77. The SMILES string of the molecule is CCn1c(SCC(=O)Nc2ccc([N+](=O)[O-])cc2Cl)nc2ccc(Br)cc2c1=O. The van der Waals surface area contributed by atoms with Crippen molar-refractivity contribution >= 4 is 67.5 Å². The minimum Gasteiger partial charge on any atom is -0.324 e. The van der Waals surface area contributed by atoms with Crippen LogP contribution in [-0.4, -0.2) is 26.1 Å². The molecule has 0 bridgehead atoms. The van der Waals surface area contributed by atoms with Crippen molar-refractivity contribution in [1.29, 1.82) is 0 Å². The van der Waals surface area contributed by atoms with Crippen molar-refractivity contribution in [3.05, 3.63) is 66.4 Å². The van der Waals surface area contributed by atoms with E-state index in [1.54, 1.807) is 18.2 Å². The van der Waals surface area contributed by atoms with Crippen LogP contribution in [-0.2, 0) is 11.3 Å². The van der Waals surface area contributed by atoms with E-state index in [9.17, 15) is 19.7 Å². The van der Waals surface area contributed by atoms with Crippen LogP contribution < -0.4 is 10.9 Å². The average molecular weight is 498 g/mol. The number of rotatable bonds is 6. The van der Waals surface area contributed by atoms with Crippen LogP contribution in [0.25, 0.3) is 10.9 Å². The molecule has 0 aliphatic carbocycles. The van der Waals surface area contributed by atoms with Crippen molar-refractivity contribution < 1.29 is 9.72 Å². The number of nitro benzene ring substituents is 1. The van der Waals surface area contributed by atoms with Crippen LogP contribution in [0.3, 0.4) is 0 Å². The number of hydrogen-bond donors (Lipinski definition) is 1. The molecule has 1 amide bonds. The van der Waals surface area contributed by atoms with Crippen molar-refractivity contribution in [2.24, 2.45) is 0 Å². The number of nitrogens with zero attached hydrogens (tertiary/aromatic N) is 3. The molecule has 3 rings (SSSR count). The number of hydrogen-bond acceptors (Lipinski definition) is 6. The van der Waals surface area contributed by atoms with Gasteiger partial charge in [0.05, 0.1) is 32.3 Å². The van der Waals surface area contributed by atoms with Gasteiger partial charge in [0.2, 0.25) is 5.91 Å². The number of halogens is 2. The Morgan fingerprint density at radius 3 is 2.76 bits per heavy atom. The van der Waals surface area contributed by atoms with Gasteiger partial charge in [0.25, 0.3) is 11.2 Å². The van der Waals surface area contributed by atoms with Crippen LogP contribution in [0.4, 0.5) is 11.4 Å². The first-order valence-corrected chi connectivity index (χ1v) is 10.5. The first kappa shape index (κ1) is 21.3. The van der Waals surface area contributed by atoms with Gasteiger partial charge in [-0.1, -0.05) is 39.3 Å². The number of non-ortho nitro benzene ring substituents is 1. The molecule has 11 heteroatoms. The maximum absolute atomic E-state index is 12.7. The molecule has 0 unspecified atom stereocenters. The minimum atomic E-state index is -0.568. The van der Waals surface area contributed by atoms with Gasteiger partial charge in [-0.25, -0.2) is 4.98 Å². The van der Waals surface area contributed by atoms with E-state index in [2.05, 4.69) is 26.2 Å². The highest BCUT2D eigenvalue weighted by atomic mass is 79.9. The molecule has 1 N–H and O–H groups in total. The number of amides is 1. The molecule has 0 radical (unpaired) electrons. The van der Waals surface area contributed by atoms with Crippen LogP contribution in [0.2, 0.25) is 5.02 Å². The number of carbonyl (C=O) groups excluding carboxylic acids is 1. The number of fused-ring (bicyclic) bond motifs is 1. The topological polar surface area (TPSA) is 107 Å². The average Bonchev–Trinajstić information content (AvgIpc) is 2.68. The summed E-state index contributed by atoms with van der Waals surface area (Å²) in [6, 6.07) is 9.05. The van der Waals surface area contributed by atoms with Crippen molar-refractivity contribution in [2.75, 3.05) is 11.1 Å². The number of carbonyl (C=O) groups is 1. The molecule has 2 aromatic carbocycles. The van der Waals surface area contributed by atoms with Crippen LogP contribution in [0.1, 0.15) is 6.92 Å². The van der Waals surface area contributed by atoms with Gasteiger partial charge in [0.15, 0.2) is 5.16 Å². The Labute approximate surface area is 182 Å². The van der Waals surface area contributed by atoms with Crippen molar-refractivity contribution in [3.8, 4) is 0 Å². The van der Waals surface area contributed by atoms with Crippen LogP contribution >= 0.6 is 39.3 Å². The molecule has 150 valence electrons. The second-order valence-corrected chi connectivity index (χ2v) is 8.13. The molecule has 0 saturated carbocycles. The second kappa shape index (κ2) is 8.93. The van der Waals surface area contributed by atoms with Gasteiger partial charge in [-0.3, -0.25) is 24.3 Å². The summed E-state index contributed by atoms with van der Waals surface area (Å²) < 4.78 is 2.29. The summed E-state index contributed by atoms with van der Waals surface area (Å²) in [5.41, 5.74) is 0.470. The highest BCUT2D eigenvalue weighted by molar-refractivity contribution is 9.10. The lowest BCUT2D eigenvalue weighted by atomic mass is 10.2. The predicted molar refractivity (Wildman–Crippen MR) is 117 cm³/mol. The number of nitrogens with one attached hydrogen (secondary N) is 1. The monoisotopic (exact) mass is 496 g/mol. The van der Waals surface area contributed by atoms with Gasteiger partial charge >= 0.3 is 0 Å². The molecule has 0 saturated heterocycles. The van der Waals surface area contributed by atoms with E-state index >= 15 is 0 Å². The normalized spacial score (nSPS) is 10.9. The lowest BCUT2D eigenvalue weighted by Crippen LogP contribution is -2.23. The maximum atomic E-state index is 12.7. The number of nitro groups is 1. The summed E-state index contributed by atoms with van der Waals surface area (Å²) in [5, 5.41) is 14.4. The minimum absolute atomic E-state index is 0.0121. The van der Waals surface area contributed by atoms with E-state index in [1.165, 1.54) is 22.8 Å². The van der Waals surface area contributed by atoms with E-state index in [0.29, 0.717) is 22.6 Å². The molecule has 1 aromatic heterocycles. The largest absolute Gasteiger partial charge is 0.324 e. The molecule has 0 fully saturated rings. The first-order valence-electron chi connectivity index (χ1n) is 8.37. The van der Waals surface area contributed by atoms with Gasteiger partial charge in [-0.05, 0) is 31.2 Å². The quantitative estimate of drug-likeness (QED) is 0.233. The lowest BCUT2D eigenvalue weighted by Gasteiger charge is -2.12. The Morgan fingerprint density at radius 2 is 2.10 bits per heavy atom. The fraction of sp³-hybridized carbons (Fsp3) is 0.167. The Balaban J connectivity index is 1.78. The van der Waals surface area contributed by atoms with Crippen molar-refractivity contribution in [3.63, 3.8) is 0 Å². The van der Waals surface area contributed by atoms with E-state index in [0.717, 1.165) is 16.2 Å². The van der Waals surface area contributed by atoms with Gasteiger partial charge in [0.1, 0.15) is 0 Å². The van der Waals surface area contributed by atoms with E-state index in [4.69, 9.17) is 11.6 Å². The Hall–Kier alpha value is -2.43. The number of aromatic nitrogens is 2. The van der Waals surface area contributed by atoms with Crippen LogP contribution in [0.15, 0.2) is 50.8 Å². The third-order valence-electron chi connectivity index (χ3n) is 3.97. The molecule has 0 spiro atoms. The maximum Gasteiger partial charge on any atom is 0.271 e. The number of benzene rings is 2. The summed E-state index contributed by atoms with van der Waals surface area (Å²) in [7, 11) is 0. The zero-order valence-electron chi connectivity index (χ0n) is 15.0. The summed E-state index contributed by atoms with van der Waals surface area (Å²) in [4.78, 5) is 39.7. The van der Waals surface area contributed by atoms with Crippen LogP contribution in [0.5, 0.6) is 0 Å². The molecular weight excluding hydrogens is 484 g/mol. The lowest BCUT2D eigenvalue weighted by molar-refractivity contribution is -0.384. The summed E-state index contributed by atoms with van der Waals surface area (Å²) in [6.45, 7) is 2.24. The fourth-order valence-corrected chi connectivity index (χ4v) is 4.04. The van der Waals surface area contributed by atoms with E-state index in [-0.39, 0.29) is 33.6 Å². The Morgan fingerprint density at radius 1 is 1.34 bits per heavy atom. The van der Waals surface area contributed by atoms with E-state index in [1.807, 2.05) is 6.92 Å². The van der Waals surface area contributed by atoms with E-state index < -0.39 is 4.92 Å². The smallest absolute Gasteiger partial charge is 0.271 e. The van der Waals surface area contributed by atoms with Gasteiger partial charge in [-0.2, -0.15) is 0 Å². The number of thioether (sulfide) groups is 1. The second-order valence-electron chi connectivity index (χ2n) is 5.86. The molecular formula is C18H14BrClN4O4S. The molecule has 8 nitrogen and oxygen atoms in total. The molecule has 29 heavy (non-hydrogen) atoms. The molecule has 0 aliphatic heterocycles. The fourth-order valence-electron chi connectivity index (χ4n) is 2.60. The molecule has 3 aromatic rings. The van der Waals surface area contributed by atoms with Crippen molar-refractivity contribution in [2.45, 2.75) is 18.6 Å². The number of anilines is 1. The van der Waals surface area contributed by atoms with Gasteiger partial charge in [-0.15, -0.1) is 0 Å². The van der Waals surface area contributed by atoms with Gasteiger partial charge in [0, 0.05) is 23.2 Å². The highest BCUT2D eigenvalue weighted by Gasteiger charge is 2.15.